The van der Waals surface area contributed by atoms with Crippen molar-refractivity contribution >= 4 is 6.03 Å². The van der Waals surface area contributed by atoms with Gasteiger partial charge in [0.15, 0.2) is 0 Å². The third-order valence-corrected chi connectivity index (χ3v) is 8.71. The van der Waals surface area contributed by atoms with Gasteiger partial charge in [0.1, 0.15) is 5.75 Å². The Balaban J connectivity index is 1.46. The summed E-state index contributed by atoms with van der Waals surface area (Å²) < 4.78 is 5.59. The summed E-state index contributed by atoms with van der Waals surface area (Å²) in [5.74, 6) is 0.805. The maximum absolute atomic E-state index is 14.0. The topological polar surface area (TPSA) is 59.8 Å². The lowest BCUT2D eigenvalue weighted by molar-refractivity contribution is 0.0221. The average Bonchev–Trinajstić information content (AvgIpc) is 3.20. The second-order valence-electron chi connectivity index (χ2n) is 10.9. The Morgan fingerprint density at radius 1 is 0.895 bits per heavy atom. The molecule has 1 aliphatic carbocycles. The van der Waals surface area contributed by atoms with Crippen LogP contribution in [0.3, 0.4) is 0 Å². The van der Waals surface area contributed by atoms with Crippen LogP contribution in [0.15, 0.2) is 78.9 Å². The first kappa shape index (κ1) is 25.8. The normalized spacial score (nSPS) is 23.2. The van der Waals surface area contributed by atoms with Crippen LogP contribution in [0.1, 0.15) is 47.9 Å². The number of amides is 2. The van der Waals surface area contributed by atoms with E-state index in [1.165, 1.54) is 5.56 Å². The van der Waals surface area contributed by atoms with Crippen molar-refractivity contribution in [2.75, 3.05) is 27.7 Å². The molecule has 3 aromatic rings. The van der Waals surface area contributed by atoms with E-state index in [0.717, 1.165) is 42.6 Å². The molecule has 0 atom stereocenters. The molecule has 3 aromatic carbocycles. The second-order valence-corrected chi connectivity index (χ2v) is 10.9. The largest absolute Gasteiger partial charge is 0.496 e. The van der Waals surface area contributed by atoms with Gasteiger partial charge in [0.2, 0.25) is 0 Å². The van der Waals surface area contributed by atoms with E-state index in [4.69, 9.17) is 4.74 Å². The Kier molecular flexibility index (Phi) is 7.14. The number of methoxy groups -OCH3 is 1. The number of urea groups is 1. The molecule has 38 heavy (non-hydrogen) atoms. The number of hydrogen-bond donors (Lipinski definition) is 0. The Bertz CT molecular complexity index is 1310. The summed E-state index contributed by atoms with van der Waals surface area (Å²) >= 11 is 0. The number of rotatable bonds is 7. The third kappa shape index (κ3) is 4.63. The molecule has 5 rings (SSSR count). The van der Waals surface area contributed by atoms with Gasteiger partial charge in [-0.25, -0.2) is 4.79 Å². The third-order valence-electron chi connectivity index (χ3n) is 8.71. The molecule has 0 radical (unpaired) electrons. The average molecular weight is 509 g/mol. The van der Waals surface area contributed by atoms with Gasteiger partial charge in [-0.2, -0.15) is 5.26 Å². The minimum absolute atomic E-state index is 0.0499. The van der Waals surface area contributed by atoms with Gasteiger partial charge >= 0.3 is 6.03 Å². The molecule has 1 saturated heterocycles. The molecule has 2 aliphatic rings. The number of carbonyl (C=O) groups is 1. The SMILES string of the molecule is COc1ccccc1CN1C[C@]2(CC[C@@](c3ccccc3)(N(C)C)CC2)N(Cc2ccc(C#N)cc2)C1=O. The molecule has 0 N–H and O–H groups in total. The lowest BCUT2D eigenvalue weighted by Crippen LogP contribution is -2.55. The van der Waals surface area contributed by atoms with Crippen LogP contribution >= 0.6 is 0 Å². The van der Waals surface area contributed by atoms with Crippen LogP contribution in [0.25, 0.3) is 0 Å². The van der Waals surface area contributed by atoms with Crippen molar-refractivity contribution in [3.8, 4) is 11.8 Å². The van der Waals surface area contributed by atoms with Gasteiger partial charge < -0.3 is 14.5 Å². The first-order valence-corrected chi connectivity index (χ1v) is 13.3. The van der Waals surface area contributed by atoms with Gasteiger partial charge in [0, 0.05) is 24.2 Å². The summed E-state index contributed by atoms with van der Waals surface area (Å²) in [7, 11) is 6.02. The summed E-state index contributed by atoms with van der Waals surface area (Å²) in [6.45, 7) is 1.75. The summed E-state index contributed by atoms with van der Waals surface area (Å²) in [4.78, 5) is 20.5. The maximum Gasteiger partial charge on any atom is 0.321 e. The van der Waals surface area contributed by atoms with Crippen LogP contribution in [0, 0.1) is 11.3 Å². The first-order chi connectivity index (χ1) is 18.4. The zero-order valence-corrected chi connectivity index (χ0v) is 22.6. The molecule has 6 heteroatoms. The quantitative estimate of drug-likeness (QED) is 0.406. The van der Waals surface area contributed by atoms with E-state index in [-0.39, 0.29) is 17.1 Å². The molecule has 0 aromatic heterocycles. The van der Waals surface area contributed by atoms with Crippen molar-refractivity contribution < 1.29 is 9.53 Å². The zero-order chi connectivity index (χ0) is 26.8. The number of carbonyl (C=O) groups excluding carboxylic acids is 1. The highest BCUT2D eigenvalue weighted by atomic mass is 16.5. The molecule has 0 unspecified atom stereocenters. The molecule has 196 valence electrons. The van der Waals surface area contributed by atoms with Crippen molar-refractivity contribution in [2.45, 2.75) is 49.9 Å². The Morgan fingerprint density at radius 2 is 1.55 bits per heavy atom. The van der Waals surface area contributed by atoms with Crippen molar-refractivity contribution in [3.63, 3.8) is 0 Å². The Hall–Kier alpha value is -3.82. The fraction of sp³-hybridized carbons (Fsp3) is 0.375. The van der Waals surface area contributed by atoms with Crippen molar-refractivity contribution in [3.05, 3.63) is 101 Å². The lowest BCUT2D eigenvalue weighted by atomic mass is 9.68. The molecular weight excluding hydrogens is 472 g/mol. The van der Waals surface area contributed by atoms with Crippen LogP contribution in [-0.4, -0.2) is 54.0 Å². The molecule has 6 nitrogen and oxygen atoms in total. The monoisotopic (exact) mass is 508 g/mol. The van der Waals surface area contributed by atoms with Gasteiger partial charge in [0.25, 0.3) is 0 Å². The number of para-hydroxylation sites is 1. The fourth-order valence-corrected chi connectivity index (χ4v) is 6.45. The van der Waals surface area contributed by atoms with Crippen molar-refractivity contribution in [1.82, 2.24) is 14.7 Å². The number of ether oxygens (including phenoxy) is 1. The predicted octanol–water partition coefficient (Wildman–Crippen LogP) is 5.77. The van der Waals surface area contributed by atoms with Crippen LogP contribution < -0.4 is 4.74 Å². The fourth-order valence-electron chi connectivity index (χ4n) is 6.45. The number of hydrogen-bond acceptors (Lipinski definition) is 4. The minimum atomic E-state index is -0.249. The van der Waals surface area contributed by atoms with Crippen LogP contribution in [0.5, 0.6) is 5.75 Å². The summed E-state index contributed by atoms with van der Waals surface area (Å²) in [6.07, 6.45) is 3.79. The lowest BCUT2D eigenvalue weighted by Gasteiger charge is -2.51. The van der Waals surface area contributed by atoms with E-state index >= 15 is 0 Å². The van der Waals surface area contributed by atoms with Crippen molar-refractivity contribution in [1.29, 1.82) is 5.26 Å². The molecule has 0 bridgehead atoms. The Morgan fingerprint density at radius 3 is 2.18 bits per heavy atom. The maximum atomic E-state index is 14.0. The predicted molar refractivity (Wildman–Crippen MR) is 149 cm³/mol. The van der Waals surface area contributed by atoms with Gasteiger partial charge in [-0.05, 0) is 69.1 Å². The first-order valence-electron chi connectivity index (χ1n) is 13.3. The molecule has 1 spiro atoms. The van der Waals surface area contributed by atoms with Crippen molar-refractivity contribution in [2.24, 2.45) is 0 Å². The van der Waals surface area contributed by atoms with E-state index in [0.29, 0.717) is 25.2 Å². The van der Waals surface area contributed by atoms with Crippen LogP contribution in [-0.2, 0) is 18.6 Å². The molecule has 2 fully saturated rings. The minimum Gasteiger partial charge on any atom is -0.496 e. The number of nitrogens with zero attached hydrogens (tertiary/aromatic N) is 4. The van der Waals surface area contributed by atoms with Gasteiger partial charge in [0.05, 0.1) is 30.8 Å². The van der Waals surface area contributed by atoms with Crippen LogP contribution in [0.4, 0.5) is 4.79 Å². The van der Waals surface area contributed by atoms with Gasteiger partial charge in [-0.1, -0.05) is 60.7 Å². The van der Waals surface area contributed by atoms with E-state index in [1.807, 2.05) is 53.4 Å². The highest BCUT2D eigenvalue weighted by Crippen LogP contribution is 2.49. The molecular formula is C32H36N4O2. The highest BCUT2D eigenvalue weighted by molar-refractivity contribution is 5.78. The molecule has 2 amide bonds. The number of benzene rings is 3. The highest BCUT2D eigenvalue weighted by Gasteiger charge is 2.54. The van der Waals surface area contributed by atoms with E-state index < -0.39 is 0 Å². The zero-order valence-electron chi connectivity index (χ0n) is 22.6. The van der Waals surface area contributed by atoms with E-state index in [2.05, 4.69) is 60.3 Å². The summed E-state index contributed by atoms with van der Waals surface area (Å²) in [5, 5.41) is 9.22. The van der Waals surface area contributed by atoms with E-state index in [1.54, 1.807) is 7.11 Å². The number of nitriles is 1. The second kappa shape index (κ2) is 10.5. The van der Waals surface area contributed by atoms with Gasteiger partial charge in [-0.3, -0.25) is 4.90 Å². The van der Waals surface area contributed by atoms with Gasteiger partial charge in [-0.15, -0.1) is 0 Å². The summed E-state index contributed by atoms with van der Waals surface area (Å²) in [6, 6.07) is 28.6. The molecule has 1 saturated carbocycles. The van der Waals surface area contributed by atoms with E-state index in [9.17, 15) is 10.1 Å². The summed E-state index contributed by atoms with van der Waals surface area (Å²) in [5.41, 5.74) is 3.73. The Labute approximate surface area is 226 Å². The molecule has 1 heterocycles. The smallest absolute Gasteiger partial charge is 0.321 e. The van der Waals surface area contributed by atoms with Crippen LogP contribution in [0.2, 0.25) is 0 Å². The standard InChI is InChI=1S/C32H36N4O2/c1-34(2)32(28-10-5-4-6-11-28)19-17-31(18-20-32)24-35(23-27-9-7-8-12-29(27)38-3)30(37)36(31)22-26-15-13-25(21-33)14-16-26/h4-16H,17-20,22-24H2,1-3H3/t31-,32-. The molecule has 1 aliphatic heterocycles.